The van der Waals surface area contributed by atoms with Crippen molar-refractivity contribution in [1.29, 1.82) is 0 Å². The molecular formula is C24H29N5O3. The summed E-state index contributed by atoms with van der Waals surface area (Å²) in [5, 5.41) is 0.887. The number of rotatable bonds is 6. The van der Waals surface area contributed by atoms with E-state index in [1.165, 1.54) is 0 Å². The van der Waals surface area contributed by atoms with Crippen LogP contribution in [0.1, 0.15) is 48.3 Å². The molecule has 1 fully saturated rings. The SMILES string of the molecule is CC(C)N1C[C@@H](c2cc(N(C)C)nc(CN(C)C(=O)c3cc4ccccc4o3)n2)CC1=O. The third-order valence-electron chi connectivity index (χ3n) is 5.80. The van der Waals surface area contributed by atoms with Crippen LogP contribution in [0.25, 0.3) is 11.0 Å². The molecular weight excluding hydrogens is 406 g/mol. The van der Waals surface area contributed by atoms with Crippen LogP contribution in [0.3, 0.4) is 0 Å². The number of amides is 2. The first-order valence-corrected chi connectivity index (χ1v) is 10.8. The quantitative estimate of drug-likeness (QED) is 0.591. The van der Waals surface area contributed by atoms with Crippen molar-refractivity contribution in [2.45, 2.75) is 38.8 Å². The molecule has 1 saturated heterocycles. The van der Waals surface area contributed by atoms with Crippen LogP contribution in [-0.4, -0.2) is 65.3 Å². The Morgan fingerprint density at radius 3 is 2.59 bits per heavy atom. The van der Waals surface area contributed by atoms with Gasteiger partial charge in [-0.1, -0.05) is 18.2 Å². The van der Waals surface area contributed by atoms with Gasteiger partial charge in [0.25, 0.3) is 5.91 Å². The molecule has 1 aliphatic heterocycles. The Hall–Kier alpha value is -3.42. The molecule has 4 rings (SSSR count). The Balaban J connectivity index is 1.57. The average Bonchev–Trinajstić information content (AvgIpc) is 3.36. The smallest absolute Gasteiger partial charge is 0.289 e. The maximum atomic E-state index is 13.0. The van der Waals surface area contributed by atoms with E-state index in [-0.39, 0.29) is 36.1 Å². The van der Waals surface area contributed by atoms with E-state index in [0.29, 0.717) is 24.4 Å². The predicted molar refractivity (Wildman–Crippen MR) is 123 cm³/mol. The van der Waals surface area contributed by atoms with Crippen LogP contribution < -0.4 is 4.90 Å². The van der Waals surface area contributed by atoms with Gasteiger partial charge in [0, 0.05) is 57.5 Å². The molecule has 0 saturated carbocycles. The summed E-state index contributed by atoms with van der Waals surface area (Å²) in [7, 11) is 5.54. The van der Waals surface area contributed by atoms with Gasteiger partial charge in [0.15, 0.2) is 5.76 Å². The minimum absolute atomic E-state index is 0.0155. The molecule has 0 N–H and O–H groups in total. The summed E-state index contributed by atoms with van der Waals surface area (Å²) in [4.78, 5) is 40.1. The number of carbonyl (C=O) groups is 2. The first-order valence-electron chi connectivity index (χ1n) is 10.8. The normalized spacial score (nSPS) is 16.2. The highest BCUT2D eigenvalue weighted by atomic mass is 16.3. The van der Waals surface area contributed by atoms with E-state index in [9.17, 15) is 9.59 Å². The van der Waals surface area contributed by atoms with Crippen molar-refractivity contribution in [3.63, 3.8) is 0 Å². The van der Waals surface area contributed by atoms with Crippen LogP contribution in [0.5, 0.6) is 0 Å². The van der Waals surface area contributed by atoms with Gasteiger partial charge in [0.1, 0.15) is 17.2 Å². The maximum absolute atomic E-state index is 13.0. The van der Waals surface area contributed by atoms with Crippen LogP contribution in [0.15, 0.2) is 40.8 Å². The summed E-state index contributed by atoms with van der Waals surface area (Å²) >= 11 is 0. The van der Waals surface area contributed by atoms with Crippen LogP contribution in [-0.2, 0) is 11.3 Å². The lowest BCUT2D eigenvalue weighted by Gasteiger charge is -2.22. The van der Waals surface area contributed by atoms with Crippen LogP contribution >= 0.6 is 0 Å². The second-order valence-electron chi connectivity index (χ2n) is 8.81. The first kappa shape index (κ1) is 21.8. The Labute approximate surface area is 187 Å². The number of hydrogen-bond donors (Lipinski definition) is 0. The average molecular weight is 436 g/mol. The number of likely N-dealkylation sites (tertiary alicyclic amines) is 1. The van der Waals surface area contributed by atoms with Crippen molar-refractivity contribution in [2.75, 3.05) is 32.6 Å². The molecule has 32 heavy (non-hydrogen) atoms. The second-order valence-corrected chi connectivity index (χ2v) is 8.81. The standard InChI is InChI=1S/C24H29N5O3/c1-15(2)29-13-17(11-23(29)30)18-12-22(27(3)4)26-21(25-18)14-28(5)24(31)20-10-16-8-6-7-9-19(16)32-20/h6-10,12,15,17H,11,13-14H2,1-5H3/t17-/m0/s1. The van der Waals surface area contributed by atoms with Crippen molar-refractivity contribution in [1.82, 2.24) is 19.8 Å². The Bertz CT molecular complexity index is 1120. The van der Waals surface area contributed by atoms with E-state index in [1.807, 2.05) is 68.1 Å². The molecule has 1 atom stereocenters. The van der Waals surface area contributed by atoms with Crippen molar-refractivity contribution >= 4 is 28.6 Å². The maximum Gasteiger partial charge on any atom is 0.289 e. The van der Waals surface area contributed by atoms with Gasteiger partial charge in [-0.05, 0) is 26.0 Å². The molecule has 3 heterocycles. The zero-order valence-corrected chi connectivity index (χ0v) is 19.2. The van der Waals surface area contributed by atoms with Crippen LogP contribution in [0.2, 0.25) is 0 Å². The third-order valence-corrected chi connectivity index (χ3v) is 5.80. The topological polar surface area (TPSA) is 82.8 Å². The van der Waals surface area contributed by atoms with Crippen LogP contribution in [0, 0.1) is 0 Å². The molecule has 2 aromatic heterocycles. The molecule has 0 radical (unpaired) electrons. The van der Waals surface area contributed by atoms with E-state index in [4.69, 9.17) is 9.40 Å². The predicted octanol–water partition coefficient (Wildman–Crippen LogP) is 3.29. The van der Waals surface area contributed by atoms with Crippen molar-refractivity contribution in [3.8, 4) is 0 Å². The zero-order valence-electron chi connectivity index (χ0n) is 19.2. The number of fused-ring (bicyclic) bond motifs is 1. The Kier molecular flexibility index (Phi) is 5.86. The lowest BCUT2D eigenvalue weighted by Crippen LogP contribution is -2.32. The number of para-hydroxylation sites is 1. The largest absolute Gasteiger partial charge is 0.451 e. The van der Waals surface area contributed by atoms with Crippen LogP contribution in [0.4, 0.5) is 5.82 Å². The number of carbonyl (C=O) groups excluding carboxylic acids is 2. The molecule has 8 heteroatoms. The summed E-state index contributed by atoms with van der Waals surface area (Å²) in [6.07, 6.45) is 0.440. The van der Waals surface area contributed by atoms with Crippen molar-refractivity contribution < 1.29 is 14.0 Å². The Morgan fingerprint density at radius 1 is 1.19 bits per heavy atom. The minimum atomic E-state index is -0.233. The highest BCUT2D eigenvalue weighted by Crippen LogP contribution is 2.30. The molecule has 1 aliphatic rings. The van der Waals surface area contributed by atoms with Gasteiger partial charge in [-0.3, -0.25) is 9.59 Å². The first-order chi connectivity index (χ1) is 15.2. The van der Waals surface area contributed by atoms with Gasteiger partial charge in [-0.25, -0.2) is 9.97 Å². The molecule has 0 bridgehead atoms. The highest BCUT2D eigenvalue weighted by Gasteiger charge is 2.33. The summed E-state index contributed by atoms with van der Waals surface area (Å²) in [6, 6.07) is 11.4. The second kappa shape index (κ2) is 8.61. The molecule has 0 spiro atoms. The third kappa shape index (κ3) is 4.30. The van der Waals surface area contributed by atoms with E-state index in [1.54, 1.807) is 18.0 Å². The molecule has 1 aromatic carbocycles. The molecule has 3 aromatic rings. The van der Waals surface area contributed by atoms with Crippen molar-refractivity contribution in [2.24, 2.45) is 0 Å². The monoisotopic (exact) mass is 435 g/mol. The van der Waals surface area contributed by atoms with Gasteiger partial charge in [0.05, 0.1) is 12.2 Å². The summed E-state index contributed by atoms with van der Waals surface area (Å²) in [5.41, 5.74) is 1.51. The number of anilines is 1. The zero-order chi connectivity index (χ0) is 23.0. The number of nitrogens with zero attached hydrogens (tertiary/aromatic N) is 5. The lowest BCUT2D eigenvalue weighted by molar-refractivity contribution is -0.129. The fraction of sp³-hybridized carbons (Fsp3) is 0.417. The highest BCUT2D eigenvalue weighted by molar-refractivity contribution is 5.95. The van der Waals surface area contributed by atoms with E-state index < -0.39 is 0 Å². The molecule has 0 aliphatic carbocycles. The summed E-state index contributed by atoms with van der Waals surface area (Å²) < 4.78 is 5.72. The van der Waals surface area contributed by atoms with Gasteiger partial charge < -0.3 is 19.1 Å². The fourth-order valence-electron chi connectivity index (χ4n) is 4.00. The summed E-state index contributed by atoms with van der Waals surface area (Å²) in [6.45, 7) is 4.93. The number of benzene rings is 1. The van der Waals surface area contributed by atoms with E-state index >= 15 is 0 Å². The van der Waals surface area contributed by atoms with Gasteiger partial charge in [-0.15, -0.1) is 0 Å². The van der Waals surface area contributed by atoms with Gasteiger partial charge in [0.2, 0.25) is 5.91 Å². The van der Waals surface area contributed by atoms with Gasteiger partial charge >= 0.3 is 0 Å². The Morgan fingerprint density at radius 2 is 1.94 bits per heavy atom. The molecule has 2 amide bonds. The molecule has 0 unspecified atom stereocenters. The number of aromatic nitrogens is 2. The van der Waals surface area contributed by atoms with E-state index in [0.717, 1.165) is 16.9 Å². The number of hydrogen-bond acceptors (Lipinski definition) is 6. The molecule has 168 valence electrons. The number of furan rings is 1. The minimum Gasteiger partial charge on any atom is -0.451 e. The van der Waals surface area contributed by atoms with E-state index in [2.05, 4.69) is 4.98 Å². The van der Waals surface area contributed by atoms with Gasteiger partial charge in [-0.2, -0.15) is 0 Å². The fourth-order valence-corrected chi connectivity index (χ4v) is 4.00. The molecule has 8 nitrogen and oxygen atoms in total. The summed E-state index contributed by atoms with van der Waals surface area (Å²) in [5.74, 6) is 1.50. The lowest BCUT2D eigenvalue weighted by atomic mass is 10.0. The van der Waals surface area contributed by atoms with Crippen molar-refractivity contribution in [3.05, 3.63) is 53.7 Å².